The van der Waals surface area contributed by atoms with Crippen LogP contribution in [0.15, 0.2) is 35.5 Å². The molecule has 1 saturated heterocycles. The zero-order valence-electron chi connectivity index (χ0n) is 14.0. The molecule has 25 heavy (non-hydrogen) atoms. The third-order valence-corrected chi connectivity index (χ3v) is 4.98. The molecule has 0 amide bonds. The normalized spacial score (nSPS) is 21.6. The minimum Gasteiger partial charge on any atom is -0.374 e. The first-order valence-corrected chi connectivity index (χ1v) is 8.10. The van der Waals surface area contributed by atoms with E-state index < -0.39 is 5.60 Å². The van der Waals surface area contributed by atoms with Gasteiger partial charge in [0.25, 0.3) is 0 Å². The molecule has 0 unspecified atom stereocenters. The van der Waals surface area contributed by atoms with Gasteiger partial charge in [-0.25, -0.2) is 4.99 Å². The average Bonchev–Trinajstić information content (AvgIpc) is 2.95. The predicted octanol–water partition coefficient (Wildman–Crippen LogP) is 2.38. The van der Waals surface area contributed by atoms with Gasteiger partial charge in [0.2, 0.25) is 5.78 Å². The van der Waals surface area contributed by atoms with E-state index in [9.17, 15) is 14.7 Å². The van der Waals surface area contributed by atoms with Gasteiger partial charge in [0.1, 0.15) is 11.5 Å². The Kier molecular flexibility index (Phi) is 3.33. The Morgan fingerprint density at radius 1 is 1.24 bits per heavy atom. The van der Waals surface area contributed by atoms with Gasteiger partial charge in [-0.3, -0.25) is 14.6 Å². The number of carbonyl (C=O) groups excluding carboxylic acids is 2. The number of rotatable bonds is 2. The Hall–Kier alpha value is -2.86. The molecule has 3 heterocycles. The molecule has 1 atom stereocenters. The van der Waals surface area contributed by atoms with Crippen molar-refractivity contribution in [2.24, 2.45) is 4.99 Å². The van der Waals surface area contributed by atoms with Crippen molar-refractivity contribution < 1.29 is 14.7 Å². The fourth-order valence-corrected chi connectivity index (χ4v) is 3.37. The molecule has 1 aromatic carbocycles. The van der Waals surface area contributed by atoms with Gasteiger partial charge in [-0.15, -0.1) is 0 Å². The third-order valence-electron chi connectivity index (χ3n) is 4.98. The number of benzene rings is 1. The van der Waals surface area contributed by atoms with Crippen LogP contribution in [0.25, 0.3) is 0 Å². The minimum absolute atomic E-state index is 0.270. The van der Waals surface area contributed by atoms with Crippen LogP contribution >= 0.6 is 0 Å². The van der Waals surface area contributed by atoms with Crippen molar-refractivity contribution in [2.45, 2.75) is 25.9 Å². The van der Waals surface area contributed by atoms with E-state index in [2.05, 4.69) is 9.98 Å². The molecular formula is C19H17N3O3. The van der Waals surface area contributed by atoms with Gasteiger partial charge in [-0.05, 0) is 49.2 Å². The molecule has 0 radical (unpaired) electrons. The number of aliphatic hydroxyl groups is 1. The number of carbonyl (C=O) groups is 2. The molecule has 4 rings (SSSR count). The molecule has 0 bridgehead atoms. The van der Waals surface area contributed by atoms with E-state index in [-0.39, 0.29) is 12.2 Å². The van der Waals surface area contributed by atoms with Gasteiger partial charge in [-0.2, -0.15) is 0 Å². The van der Waals surface area contributed by atoms with E-state index in [1.54, 1.807) is 29.3 Å². The SMILES string of the molecule is Cc1cc2c(cc1C)C(=O)[C@]1(O)CCN(c3ccc(C=O)nc3)C1=N2. The summed E-state index contributed by atoms with van der Waals surface area (Å²) in [7, 11) is 0. The highest BCUT2D eigenvalue weighted by Crippen LogP contribution is 2.40. The van der Waals surface area contributed by atoms with Crippen LogP contribution in [0, 0.1) is 13.8 Å². The number of nitrogens with zero attached hydrogens (tertiary/aromatic N) is 3. The monoisotopic (exact) mass is 335 g/mol. The first-order chi connectivity index (χ1) is 11.9. The van der Waals surface area contributed by atoms with E-state index in [4.69, 9.17) is 0 Å². The highest BCUT2D eigenvalue weighted by atomic mass is 16.3. The molecule has 0 saturated carbocycles. The zero-order chi connectivity index (χ0) is 17.8. The van der Waals surface area contributed by atoms with Gasteiger partial charge in [0.05, 0.1) is 17.6 Å². The summed E-state index contributed by atoms with van der Waals surface area (Å²) in [5.41, 5.74) is 2.50. The highest BCUT2D eigenvalue weighted by molar-refractivity contribution is 6.28. The Bertz CT molecular complexity index is 934. The first kappa shape index (κ1) is 15.7. The molecule has 126 valence electrons. The van der Waals surface area contributed by atoms with Gasteiger partial charge >= 0.3 is 0 Å². The Balaban J connectivity index is 1.84. The number of hydrogen-bond acceptors (Lipinski definition) is 6. The second-order valence-corrected chi connectivity index (χ2v) is 6.54. The number of aryl methyl sites for hydroxylation is 2. The summed E-state index contributed by atoms with van der Waals surface area (Å²) in [6.07, 6.45) is 2.50. The van der Waals surface area contributed by atoms with Gasteiger partial charge in [0, 0.05) is 18.5 Å². The summed E-state index contributed by atoms with van der Waals surface area (Å²) in [6, 6.07) is 7.02. The highest BCUT2D eigenvalue weighted by Gasteiger charge is 2.52. The lowest BCUT2D eigenvalue weighted by Gasteiger charge is -2.30. The lowest BCUT2D eigenvalue weighted by Crippen LogP contribution is -2.48. The van der Waals surface area contributed by atoms with Crippen LogP contribution in [0.1, 0.15) is 38.4 Å². The molecule has 6 nitrogen and oxygen atoms in total. The molecule has 2 aliphatic heterocycles. The van der Waals surface area contributed by atoms with Crippen LogP contribution in [-0.4, -0.2) is 40.1 Å². The van der Waals surface area contributed by atoms with Crippen LogP contribution in [0.4, 0.5) is 11.4 Å². The topological polar surface area (TPSA) is 82.9 Å². The summed E-state index contributed by atoms with van der Waals surface area (Å²) < 4.78 is 0. The summed E-state index contributed by atoms with van der Waals surface area (Å²) in [5.74, 6) is 0.0180. The number of ketones is 1. The fraction of sp³-hybridized carbons (Fsp3) is 0.263. The van der Waals surface area contributed by atoms with Crippen molar-refractivity contribution >= 4 is 29.3 Å². The van der Waals surface area contributed by atoms with E-state index in [0.29, 0.717) is 41.3 Å². The molecule has 2 aliphatic rings. The minimum atomic E-state index is -1.61. The van der Waals surface area contributed by atoms with E-state index in [1.165, 1.54) is 0 Å². The molecule has 2 aromatic rings. The maximum Gasteiger partial charge on any atom is 0.204 e. The molecule has 1 aromatic heterocycles. The first-order valence-electron chi connectivity index (χ1n) is 8.10. The Labute approximate surface area is 144 Å². The maximum absolute atomic E-state index is 12.9. The number of Topliss-reactive ketones (excluding diaryl/α,β-unsaturated/α-hetero) is 1. The number of fused-ring (bicyclic) bond motifs is 2. The molecule has 1 N–H and O–H groups in total. The van der Waals surface area contributed by atoms with Crippen molar-refractivity contribution in [1.29, 1.82) is 0 Å². The van der Waals surface area contributed by atoms with Crippen LogP contribution < -0.4 is 4.90 Å². The number of aldehydes is 1. The number of anilines is 1. The quantitative estimate of drug-likeness (QED) is 0.852. The fourth-order valence-electron chi connectivity index (χ4n) is 3.37. The van der Waals surface area contributed by atoms with Crippen molar-refractivity contribution in [3.05, 3.63) is 52.8 Å². The average molecular weight is 335 g/mol. The number of amidine groups is 1. The van der Waals surface area contributed by atoms with Crippen LogP contribution in [0.5, 0.6) is 0 Å². The largest absolute Gasteiger partial charge is 0.374 e. The van der Waals surface area contributed by atoms with Crippen molar-refractivity contribution in [1.82, 2.24) is 4.98 Å². The predicted molar refractivity (Wildman–Crippen MR) is 93.9 cm³/mol. The van der Waals surface area contributed by atoms with E-state index in [0.717, 1.165) is 11.1 Å². The lowest BCUT2D eigenvalue weighted by atomic mass is 9.86. The van der Waals surface area contributed by atoms with Gasteiger partial charge in [0.15, 0.2) is 11.9 Å². The second-order valence-electron chi connectivity index (χ2n) is 6.54. The Morgan fingerprint density at radius 2 is 2.00 bits per heavy atom. The Morgan fingerprint density at radius 3 is 2.68 bits per heavy atom. The van der Waals surface area contributed by atoms with E-state index in [1.807, 2.05) is 19.9 Å². The number of aromatic nitrogens is 1. The number of pyridine rings is 1. The van der Waals surface area contributed by atoms with Crippen molar-refractivity contribution in [3.8, 4) is 0 Å². The molecule has 1 fully saturated rings. The summed E-state index contributed by atoms with van der Waals surface area (Å²) in [6.45, 7) is 4.36. The summed E-state index contributed by atoms with van der Waals surface area (Å²) in [4.78, 5) is 34.2. The third kappa shape index (κ3) is 2.21. The van der Waals surface area contributed by atoms with Crippen LogP contribution in [0.2, 0.25) is 0 Å². The zero-order valence-corrected chi connectivity index (χ0v) is 14.0. The maximum atomic E-state index is 12.9. The van der Waals surface area contributed by atoms with Gasteiger partial charge in [-0.1, -0.05) is 0 Å². The van der Waals surface area contributed by atoms with Gasteiger partial charge < -0.3 is 10.0 Å². The molecule has 6 heteroatoms. The lowest BCUT2D eigenvalue weighted by molar-refractivity contribution is 0.0602. The molecule has 0 aliphatic carbocycles. The second kappa shape index (κ2) is 5.32. The number of hydrogen-bond donors (Lipinski definition) is 1. The van der Waals surface area contributed by atoms with Crippen molar-refractivity contribution in [3.63, 3.8) is 0 Å². The number of aliphatic imine (C=N–C) groups is 1. The molecule has 0 spiro atoms. The summed E-state index contributed by atoms with van der Waals surface area (Å²) in [5, 5.41) is 11.0. The van der Waals surface area contributed by atoms with Crippen LogP contribution in [-0.2, 0) is 0 Å². The van der Waals surface area contributed by atoms with Crippen molar-refractivity contribution in [2.75, 3.05) is 11.4 Å². The van der Waals surface area contributed by atoms with Crippen LogP contribution in [0.3, 0.4) is 0 Å². The smallest absolute Gasteiger partial charge is 0.204 e. The summed E-state index contributed by atoms with van der Waals surface area (Å²) >= 11 is 0. The standard InChI is InChI=1S/C19H17N3O3/c1-11-7-15-16(8-12(11)2)21-18-19(25,17(15)24)5-6-22(18)14-4-3-13(10-23)20-9-14/h3-4,7-10,25H,5-6H2,1-2H3/t19-/m1/s1. The molecular weight excluding hydrogens is 318 g/mol. The van der Waals surface area contributed by atoms with E-state index >= 15 is 0 Å².